The first-order chi connectivity index (χ1) is 16.5. The molecule has 2 aromatic rings. The van der Waals surface area contributed by atoms with E-state index in [9.17, 15) is 14.4 Å². The lowest BCUT2D eigenvalue weighted by Crippen LogP contribution is -2.42. The number of carbonyl (C=O) groups is 3. The number of aromatic nitrogens is 1. The van der Waals surface area contributed by atoms with Crippen LogP contribution in [0.15, 0.2) is 36.5 Å². The average molecular weight is 460 g/mol. The summed E-state index contributed by atoms with van der Waals surface area (Å²) in [5.74, 6) is -0.102. The van der Waals surface area contributed by atoms with E-state index < -0.39 is 0 Å². The average Bonchev–Trinajstić information content (AvgIpc) is 3.11. The van der Waals surface area contributed by atoms with Crippen LogP contribution < -0.4 is 9.80 Å². The molecule has 34 heavy (non-hydrogen) atoms. The fourth-order valence-corrected chi connectivity index (χ4v) is 5.92. The van der Waals surface area contributed by atoms with E-state index in [1.165, 1.54) is 11.3 Å². The second kappa shape index (κ2) is 9.32. The number of hydrogen-bond donors (Lipinski definition) is 0. The number of aryl methyl sites for hydroxylation is 2. The van der Waals surface area contributed by atoms with Crippen LogP contribution >= 0.6 is 0 Å². The number of anilines is 2. The quantitative estimate of drug-likeness (QED) is 0.577. The number of pyridine rings is 1. The summed E-state index contributed by atoms with van der Waals surface area (Å²) < 4.78 is 0. The third kappa shape index (κ3) is 4.04. The van der Waals surface area contributed by atoms with Crippen molar-refractivity contribution < 1.29 is 14.4 Å². The molecule has 3 aliphatic rings. The Kier molecular flexibility index (Phi) is 6.24. The third-order valence-corrected chi connectivity index (χ3v) is 7.84. The van der Waals surface area contributed by atoms with Gasteiger partial charge in [0.2, 0.25) is 11.8 Å². The van der Waals surface area contributed by atoms with Crippen molar-refractivity contribution in [2.24, 2.45) is 11.8 Å². The number of nitrogens with zero attached hydrogens (tertiary/aromatic N) is 3. The number of fused-ring (bicyclic) bond motifs is 1. The minimum atomic E-state index is -0.212. The molecule has 1 aromatic heterocycles. The SMILES string of the molecule is Cc1ccc(N(C(=O)c2ccc(C)c(N3C(=O)C4CCCCC4C3=O)c2)C2CCCCC2)nc1. The van der Waals surface area contributed by atoms with Gasteiger partial charge in [-0.3, -0.25) is 19.3 Å². The van der Waals surface area contributed by atoms with E-state index in [1.54, 1.807) is 12.3 Å². The van der Waals surface area contributed by atoms with Crippen LogP contribution in [0.4, 0.5) is 11.5 Å². The summed E-state index contributed by atoms with van der Waals surface area (Å²) in [4.78, 5) is 48.1. The lowest BCUT2D eigenvalue weighted by molar-refractivity contribution is -0.122. The number of amides is 3. The van der Waals surface area contributed by atoms with Gasteiger partial charge < -0.3 is 0 Å². The van der Waals surface area contributed by atoms with Crippen molar-refractivity contribution in [1.82, 2.24) is 4.98 Å². The highest BCUT2D eigenvalue weighted by Gasteiger charge is 2.49. The molecular weight excluding hydrogens is 426 g/mol. The molecule has 3 amide bonds. The van der Waals surface area contributed by atoms with E-state index in [2.05, 4.69) is 4.98 Å². The number of hydrogen-bond acceptors (Lipinski definition) is 4. The second-order valence-corrected chi connectivity index (χ2v) is 10.2. The predicted octanol–water partition coefficient (Wildman–Crippen LogP) is 5.36. The largest absolute Gasteiger partial charge is 0.290 e. The molecule has 0 N–H and O–H groups in total. The van der Waals surface area contributed by atoms with Gasteiger partial charge in [0.15, 0.2) is 0 Å². The molecule has 2 saturated carbocycles. The Balaban J connectivity index is 1.51. The molecule has 0 radical (unpaired) electrons. The van der Waals surface area contributed by atoms with Gasteiger partial charge >= 0.3 is 0 Å². The van der Waals surface area contributed by atoms with E-state index in [0.717, 1.165) is 62.5 Å². The summed E-state index contributed by atoms with van der Waals surface area (Å²) in [6, 6.07) is 9.40. The Morgan fingerprint density at radius 3 is 2.15 bits per heavy atom. The number of rotatable bonds is 4. The minimum absolute atomic E-state index is 0.0964. The standard InChI is InChI=1S/C28H33N3O3/c1-18-12-15-25(29-17-18)30(21-8-4-3-5-9-21)26(32)20-14-13-19(2)24(16-20)31-27(33)22-10-6-7-11-23(22)28(31)34/h12-17,21-23H,3-11H2,1-2H3. The zero-order valence-corrected chi connectivity index (χ0v) is 20.1. The molecule has 2 unspecified atom stereocenters. The van der Waals surface area contributed by atoms with Crippen LogP contribution in [-0.2, 0) is 9.59 Å². The monoisotopic (exact) mass is 459 g/mol. The Labute approximate surface area is 201 Å². The molecule has 3 fully saturated rings. The molecule has 0 spiro atoms. The van der Waals surface area contributed by atoms with Gasteiger partial charge in [-0.2, -0.15) is 0 Å². The number of carbonyl (C=O) groups excluding carboxylic acids is 3. The molecule has 5 rings (SSSR count). The normalized spacial score (nSPS) is 23.2. The van der Waals surface area contributed by atoms with Gasteiger partial charge in [-0.15, -0.1) is 0 Å². The van der Waals surface area contributed by atoms with Crippen LogP contribution in [0.5, 0.6) is 0 Å². The summed E-state index contributed by atoms with van der Waals surface area (Å²) in [6.07, 6.45) is 10.6. The first kappa shape index (κ1) is 22.8. The Bertz CT molecular complexity index is 1080. The van der Waals surface area contributed by atoms with Gasteiger partial charge in [0, 0.05) is 17.8 Å². The van der Waals surface area contributed by atoms with Gasteiger partial charge in [-0.1, -0.05) is 44.2 Å². The van der Waals surface area contributed by atoms with Gasteiger partial charge in [0.25, 0.3) is 5.91 Å². The van der Waals surface area contributed by atoms with Crippen LogP contribution in [0, 0.1) is 25.7 Å². The van der Waals surface area contributed by atoms with Crippen molar-refractivity contribution in [3.05, 3.63) is 53.2 Å². The highest BCUT2D eigenvalue weighted by atomic mass is 16.2. The van der Waals surface area contributed by atoms with E-state index in [-0.39, 0.29) is 35.6 Å². The van der Waals surface area contributed by atoms with Crippen molar-refractivity contribution >= 4 is 29.2 Å². The molecule has 1 saturated heterocycles. The van der Waals surface area contributed by atoms with Crippen LogP contribution in [0.3, 0.4) is 0 Å². The van der Waals surface area contributed by atoms with Gasteiger partial charge in [0.05, 0.1) is 17.5 Å². The van der Waals surface area contributed by atoms with Crippen molar-refractivity contribution in [3.63, 3.8) is 0 Å². The lowest BCUT2D eigenvalue weighted by Gasteiger charge is -2.34. The molecule has 2 heterocycles. The maximum Gasteiger partial charge on any atom is 0.259 e. The van der Waals surface area contributed by atoms with Crippen molar-refractivity contribution in [1.29, 1.82) is 0 Å². The van der Waals surface area contributed by atoms with Crippen LogP contribution in [0.1, 0.15) is 79.3 Å². The maximum atomic E-state index is 13.9. The smallest absolute Gasteiger partial charge is 0.259 e. The van der Waals surface area contributed by atoms with Crippen LogP contribution in [0.2, 0.25) is 0 Å². The van der Waals surface area contributed by atoms with E-state index in [1.807, 2.05) is 43.0 Å². The number of benzene rings is 1. The van der Waals surface area contributed by atoms with Crippen molar-refractivity contribution in [2.75, 3.05) is 9.80 Å². The molecule has 2 atom stereocenters. The van der Waals surface area contributed by atoms with Gasteiger partial charge in [-0.05, 0) is 68.9 Å². The van der Waals surface area contributed by atoms with Gasteiger partial charge in [0.1, 0.15) is 5.82 Å². The molecule has 1 aromatic carbocycles. The van der Waals surface area contributed by atoms with Crippen molar-refractivity contribution in [2.45, 2.75) is 77.7 Å². The topological polar surface area (TPSA) is 70.6 Å². The Morgan fingerprint density at radius 2 is 1.53 bits per heavy atom. The fraction of sp³-hybridized carbons (Fsp3) is 0.500. The summed E-state index contributed by atoms with van der Waals surface area (Å²) in [7, 11) is 0. The number of imide groups is 1. The third-order valence-electron chi connectivity index (χ3n) is 7.84. The van der Waals surface area contributed by atoms with E-state index >= 15 is 0 Å². The maximum absolute atomic E-state index is 13.9. The molecular formula is C28H33N3O3. The van der Waals surface area contributed by atoms with Gasteiger partial charge in [-0.25, -0.2) is 9.88 Å². The molecule has 2 aliphatic carbocycles. The summed E-state index contributed by atoms with van der Waals surface area (Å²) in [6.45, 7) is 3.88. The highest BCUT2D eigenvalue weighted by Crippen LogP contribution is 2.41. The van der Waals surface area contributed by atoms with E-state index in [4.69, 9.17) is 0 Å². The van der Waals surface area contributed by atoms with Crippen LogP contribution in [-0.4, -0.2) is 28.7 Å². The first-order valence-corrected chi connectivity index (χ1v) is 12.7. The minimum Gasteiger partial charge on any atom is -0.290 e. The molecule has 0 bridgehead atoms. The first-order valence-electron chi connectivity index (χ1n) is 12.7. The fourth-order valence-electron chi connectivity index (χ4n) is 5.92. The Morgan fingerprint density at radius 1 is 0.882 bits per heavy atom. The molecule has 1 aliphatic heterocycles. The lowest BCUT2D eigenvalue weighted by atomic mass is 9.81. The van der Waals surface area contributed by atoms with Crippen molar-refractivity contribution in [3.8, 4) is 0 Å². The van der Waals surface area contributed by atoms with Crippen LogP contribution in [0.25, 0.3) is 0 Å². The Hall–Kier alpha value is -3.02. The predicted molar refractivity (Wildman–Crippen MR) is 132 cm³/mol. The highest BCUT2D eigenvalue weighted by molar-refractivity contribution is 6.23. The summed E-state index contributed by atoms with van der Waals surface area (Å²) in [5, 5.41) is 0. The molecule has 178 valence electrons. The summed E-state index contributed by atoms with van der Waals surface area (Å²) in [5.41, 5.74) is 2.92. The summed E-state index contributed by atoms with van der Waals surface area (Å²) >= 11 is 0. The molecule has 6 heteroatoms. The zero-order valence-electron chi connectivity index (χ0n) is 20.1. The van der Waals surface area contributed by atoms with E-state index in [0.29, 0.717) is 17.1 Å². The molecule has 6 nitrogen and oxygen atoms in total. The second-order valence-electron chi connectivity index (χ2n) is 10.2. The zero-order chi connectivity index (χ0) is 23.8.